The highest BCUT2D eigenvalue weighted by molar-refractivity contribution is 7.80. The number of benzene rings is 4. The molecular weight excluding hydrogens is 510 g/mol. The van der Waals surface area contributed by atoms with Crippen molar-refractivity contribution in [3.05, 3.63) is 83.4 Å². The zero-order valence-corrected chi connectivity index (χ0v) is 21.6. The quantitative estimate of drug-likeness (QED) is 0.282. The Bertz CT molecular complexity index is 1650. The highest BCUT2D eigenvalue weighted by Crippen LogP contribution is 2.27. The van der Waals surface area contributed by atoms with Crippen LogP contribution >= 0.6 is 23.8 Å². The second-order valence-electron chi connectivity index (χ2n) is 8.26. The average molecular weight is 532 g/mol. The highest BCUT2D eigenvalue weighted by atomic mass is 35.5. The molecule has 0 aliphatic heterocycles. The molecule has 186 valence electrons. The molecule has 0 unspecified atom stereocenters. The van der Waals surface area contributed by atoms with Gasteiger partial charge in [0.1, 0.15) is 22.5 Å². The monoisotopic (exact) mass is 531 g/mol. The summed E-state index contributed by atoms with van der Waals surface area (Å²) in [5, 5.41) is 17.6. The molecule has 1 heterocycles. The molecule has 37 heavy (non-hydrogen) atoms. The van der Waals surface area contributed by atoms with Gasteiger partial charge in [-0.25, -0.2) is 0 Å². The van der Waals surface area contributed by atoms with Crippen LogP contribution in [-0.4, -0.2) is 39.7 Å². The molecule has 0 radical (unpaired) electrons. The third kappa shape index (κ3) is 5.47. The van der Waals surface area contributed by atoms with E-state index in [1.54, 1.807) is 19.2 Å². The summed E-state index contributed by atoms with van der Waals surface area (Å²) in [6.07, 6.45) is 0. The summed E-state index contributed by atoms with van der Waals surface area (Å²) < 4.78 is 10.8. The number of hydrogen-bond acceptors (Lipinski definition) is 6. The highest BCUT2D eigenvalue weighted by Gasteiger charge is 2.12. The van der Waals surface area contributed by atoms with E-state index in [2.05, 4.69) is 20.8 Å². The van der Waals surface area contributed by atoms with E-state index in [-0.39, 0.29) is 17.6 Å². The smallest absolute Gasteiger partial charge is 0.264 e. The maximum Gasteiger partial charge on any atom is 0.264 e. The van der Waals surface area contributed by atoms with Gasteiger partial charge in [-0.05, 0) is 77.9 Å². The number of aromatic nitrogens is 3. The molecule has 0 saturated heterocycles. The maximum atomic E-state index is 12.4. The molecule has 0 aliphatic carbocycles. The first-order chi connectivity index (χ1) is 17.9. The van der Waals surface area contributed by atoms with E-state index in [9.17, 15) is 4.79 Å². The fraction of sp³-hybridized carbons (Fsp3) is 0.111. The van der Waals surface area contributed by atoms with E-state index in [0.29, 0.717) is 38.9 Å². The van der Waals surface area contributed by atoms with Crippen molar-refractivity contribution in [3.8, 4) is 17.2 Å². The second kappa shape index (κ2) is 10.4. The summed E-state index contributed by atoms with van der Waals surface area (Å²) >= 11 is 11.6. The van der Waals surface area contributed by atoms with Crippen LogP contribution in [0.15, 0.2) is 72.8 Å². The normalized spacial score (nSPS) is 10.9. The van der Waals surface area contributed by atoms with Crippen molar-refractivity contribution >= 4 is 62.3 Å². The van der Waals surface area contributed by atoms with E-state index in [1.165, 1.54) is 4.80 Å². The van der Waals surface area contributed by atoms with Gasteiger partial charge in [0.2, 0.25) is 0 Å². The first-order valence-corrected chi connectivity index (χ1v) is 12.1. The van der Waals surface area contributed by atoms with Crippen LogP contribution in [0.4, 0.5) is 5.69 Å². The number of anilines is 1. The van der Waals surface area contributed by atoms with E-state index < -0.39 is 0 Å². The van der Waals surface area contributed by atoms with Crippen molar-refractivity contribution in [2.24, 2.45) is 0 Å². The molecular formula is C27H22ClN5O3S. The van der Waals surface area contributed by atoms with Crippen molar-refractivity contribution in [2.75, 3.05) is 19.0 Å². The van der Waals surface area contributed by atoms with Gasteiger partial charge in [-0.3, -0.25) is 10.1 Å². The van der Waals surface area contributed by atoms with Gasteiger partial charge in [0.15, 0.2) is 11.7 Å². The fourth-order valence-corrected chi connectivity index (χ4v) is 4.30. The zero-order valence-electron chi connectivity index (χ0n) is 20.0. The third-order valence-corrected chi connectivity index (χ3v) is 6.18. The predicted molar refractivity (Wildman–Crippen MR) is 149 cm³/mol. The number of methoxy groups -OCH3 is 1. The topological polar surface area (TPSA) is 90.3 Å². The molecule has 5 rings (SSSR count). The Morgan fingerprint density at radius 3 is 2.51 bits per heavy atom. The summed E-state index contributed by atoms with van der Waals surface area (Å²) in [6.45, 7) is 1.75. The van der Waals surface area contributed by atoms with Crippen LogP contribution in [0.2, 0.25) is 5.02 Å². The molecule has 0 saturated carbocycles. The molecule has 10 heteroatoms. The van der Waals surface area contributed by atoms with Gasteiger partial charge in [0.25, 0.3) is 5.91 Å². The van der Waals surface area contributed by atoms with Crippen LogP contribution in [0.5, 0.6) is 11.5 Å². The van der Waals surface area contributed by atoms with Crippen LogP contribution in [0.25, 0.3) is 27.5 Å². The summed E-state index contributed by atoms with van der Waals surface area (Å²) in [7, 11) is 1.56. The molecule has 0 aliphatic rings. The molecule has 1 aromatic heterocycles. The van der Waals surface area contributed by atoms with Crippen molar-refractivity contribution < 1.29 is 14.3 Å². The van der Waals surface area contributed by atoms with Crippen molar-refractivity contribution in [1.29, 1.82) is 0 Å². The fourth-order valence-electron chi connectivity index (χ4n) is 3.82. The molecule has 0 fully saturated rings. The van der Waals surface area contributed by atoms with Crippen molar-refractivity contribution in [2.45, 2.75) is 6.92 Å². The average Bonchev–Trinajstić information content (AvgIpc) is 3.30. The Labute approximate surface area is 223 Å². The van der Waals surface area contributed by atoms with Gasteiger partial charge in [-0.15, -0.1) is 10.2 Å². The molecule has 0 bridgehead atoms. The van der Waals surface area contributed by atoms with Gasteiger partial charge < -0.3 is 14.8 Å². The molecule has 4 aromatic carbocycles. The lowest BCUT2D eigenvalue weighted by atomic mass is 10.1. The van der Waals surface area contributed by atoms with Crippen LogP contribution in [-0.2, 0) is 4.79 Å². The van der Waals surface area contributed by atoms with Crippen LogP contribution < -0.4 is 20.1 Å². The number of thiocarbonyl (C=S) groups is 1. The Balaban J connectivity index is 1.23. The number of aryl methyl sites for hydroxylation is 1. The molecule has 0 spiro atoms. The van der Waals surface area contributed by atoms with Gasteiger partial charge >= 0.3 is 0 Å². The lowest BCUT2D eigenvalue weighted by molar-refractivity contribution is -0.121. The van der Waals surface area contributed by atoms with Crippen LogP contribution in [0, 0.1) is 6.92 Å². The Kier molecular flexibility index (Phi) is 6.89. The number of rotatable bonds is 6. The number of carbonyl (C=O) groups is 1. The van der Waals surface area contributed by atoms with E-state index >= 15 is 0 Å². The largest absolute Gasteiger partial charge is 0.495 e. The second-order valence-corrected chi connectivity index (χ2v) is 9.08. The summed E-state index contributed by atoms with van der Waals surface area (Å²) in [4.78, 5) is 13.9. The first-order valence-electron chi connectivity index (χ1n) is 11.3. The van der Waals surface area contributed by atoms with Crippen molar-refractivity contribution in [3.63, 3.8) is 0 Å². The minimum absolute atomic E-state index is 0.156. The Hall–Kier alpha value is -4.21. The Morgan fingerprint density at radius 2 is 1.76 bits per heavy atom. The summed E-state index contributed by atoms with van der Waals surface area (Å²) in [5.41, 5.74) is 3.63. The third-order valence-electron chi connectivity index (χ3n) is 5.68. The Morgan fingerprint density at radius 1 is 1.00 bits per heavy atom. The number of nitrogens with zero attached hydrogens (tertiary/aromatic N) is 3. The van der Waals surface area contributed by atoms with E-state index in [4.69, 9.17) is 33.3 Å². The summed E-state index contributed by atoms with van der Waals surface area (Å²) in [5.74, 6) is 0.810. The lowest BCUT2D eigenvalue weighted by Gasteiger charge is -2.12. The molecule has 0 atom stereocenters. The molecule has 1 amide bonds. The summed E-state index contributed by atoms with van der Waals surface area (Å²) in [6, 6.07) is 22.6. The maximum absolute atomic E-state index is 12.4. The van der Waals surface area contributed by atoms with Crippen LogP contribution in [0.1, 0.15) is 5.56 Å². The number of ether oxygens (including phenoxy) is 2. The van der Waals surface area contributed by atoms with E-state index in [0.717, 1.165) is 16.3 Å². The zero-order chi connectivity index (χ0) is 25.9. The SMILES string of the molecule is COc1ccc(-n2nc3cc(C)c(NC(=S)NC(=O)COc4ccc5ccccc5c4)cc3n2)cc1Cl. The number of fused-ring (bicyclic) bond motifs is 2. The van der Waals surface area contributed by atoms with Gasteiger partial charge in [-0.1, -0.05) is 41.9 Å². The first kappa shape index (κ1) is 24.5. The van der Waals surface area contributed by atoms with Crippen LogP contribution in [0.3, 0.4) is 0 Å². The number of hydrogen-bond donors (Lipinski definition) is 2. The number of nitrogens with one attached hydrogen (secondary N) is 2. The molecule has 5 aromatic rings. The van der Waals surface area contributed by atoms with E-state index in [1.807, 2.05) is 67.6 Å². The van der Waals surface area contributed by atoms with Gasteiger partial charge in [0, 0.05) is 5.69 Å². The number of carbonyl (C=O) groups excluding carboxylic acids is 1. The van der Waals surface area contributed by atoms with Gasteiger partial charge in [-0.2, -0.15) is 4.80 Å². The number of halogens is 1. The molecule has 2 N–H and O–H groups in total. The number of amides is 1. The minimum Gasteiger partial charge on any atom is -0.495 e. The standard InChI is InChI=1S/C27H22ClN5O3S/c1-16-11-23-24(32-33(31-23)19-8-10-25(35-2)21(28)13-19)14-22(16)29-27(37)30-26(34)15-36-20-9-7-17-5-3-4-6-18(17)12-20/h3-14H,15H2,1-2H3,(H2,29,30,34,37). The molecule has 8 nitrogen and oxygen atoms in total. The predicted octanol–water partition coefficient (Wildman–Crippen LogP) is 5.44. The van der Waals surface area contributed by atoms with Crippen molar-refractivity contribution in [1.82, 2.24) is 20.3 Å². The lowest BCUT2D eigenvalue weighted by Crippen LogP contribution is -2.37. The minimum atomic E-state index is -0.369. The van der Waals surface area contributed by atoms with Gasteiger partial charge in [0.05, 0.1) is 17.8 Å².